The Morgan fingerprint density at radius 3 is 2.00 bits per heavy atom. The molecule has 0 saturated heterocycles. The van der Waals surface area contributed by atoms with Crippen LogP contribution in [-0.4, -0.2) is 7.85 Å². The molecule has 2 radical (unpaired) electrons. The molecule has 3 heteroatoms. The van der Waals surface area contributed by atoms with Crippen LogP contribution in [0.2, 0.25) is 0 Å². The molecule has 2 unspecified atom stereocenters. The van der Waals surface area contributed by atoms with Crippen molar-refractivity contribution in [1.82, 2.24) is 0 Å². The van der Waals surface area contributed by atoms with Gasteiger partial charge in [-0.1, -0.05) is 17.6 Å². The lowest BCUT2D eigenvalue weighted by Crippen LogP contribution is -2.18. The van der Waals surface area contributed by atoms with Gasteiger partial charge in [-0.3, -0.25) is 0 Å². The molecule has 0 aromatic heterocycles. The molecular weight excluding hydrogens is 157 g/mol. The first-order valence-corrected chi connectivity index (χ1v) is 4.18. The lowest BCUT2D eigenvalue weighted by atomic mass is 9.95. The molecule has 50 valence electrons. The highest BCUT2D eigenvalue weighted by molar-refractivity contribution is 7.30. The summed E-state index contributed by atoms with van der Waals surface area (Å²) >= 11 is 0. The Morgan fingerprint density at radius 2 is 1.60 bits per heavy atom. The predicted molar refractivity (Wildman–Crippen MR) is 55.3 cm³/mol. The second-order valence-corrected chi connectivity index (χ2v) is 3.57. The van der Waals surface area contributed by atoms with E-state index in [1.165, 1.54) is 16.2 Å². The third kappa shape index (κ3) is 1.60. The summed E-state index contributed by atoms with van der Waals surface area (Å²) < 4.78 is 0. The van der Waals surface area contributed by atoms with Crippen LogP contribution < -0.4 is 16.1 Å². The molecule has 1 aromatic carbocycles. The molecule has 0 aliphatic carbocycles. The van der Waals surface area contributed by atoms with Crippen molar-refractivity contribution in [2.75, 3.05) is 0 Å². The molecule has 0 aliphatic heterocycles. The zero-order valence-corrected chi connectivity index (χ0v) is 8.20. The summed E-state index contributed by atoms with van der Waals surface area (Å²) in [5, 5.41) is 2.34. The maximum absolute atomic E-state index is 5.60. The molecule has 0 fully saturated rings. The first-order valence-electron chi connectivity index (χ1n) is 3.02. The molecule has 0 saturated carbocycles. The first-order chi connectivity index (χ1) is 4.61. The Balaban J connectivity index is 3.31. The first kappa shape index (κ1) is 8.24. The van der Waals surface area contributed by atoms with E-state index in [-0.39, 0.29) is 0 Å². The summed E-state index contributed by atoms with van der Waals surface area (Å²) in [5.41, 5.74) is 2.09. The van der Waals surface area contributed by atoms with Crippen LogP contribution in [0.15, 0.2) is 12.1 Å². The minimum absolute atomic E-state index is 0.820. The van der Waals surface area contributed by atoms with Crippen molar-refractivity contribution < 1.29 is 0 Å². The minimum Gasteiger partial charge on any atom is -0.105 e. The standard InChI is InChI=1S/C7H9BP2/c1-4-6(9)2-5(8)3-7(4)10/h2-3H,9-10H2,1H3. The van der Waals surface area contributed by atoms with Gasteiger partial charge >= 0.3 is 0 Å². The summed E-state index contributed by atoms with van der Waals surface area (Å²) in [6.07, 6.45) is 0. The Morgan fingerprint density at radius 1 is 1.20 bits per heavy atom. The smallest absolute Gasteiger partial charge is 0.105 e. The van der Waals surface area contributed by atoms with Gasteiger partial charge in [-0.15, -0.1) is 18.5 Å². The van der Waals surface area contributed by atoms with Crippen molar-refractivity contribution in [1.29, 1.82) is 0 Å². The second-order valence-electron chi connectivity index (χ2n) is 2.32. The summed E-state index contributed by atoms with van der Waals surface area (Å²) in [6.45, 7) is 2.07. The van der Waals surface area contributed by atoms with Crippen LogP contribution in [0, 0.1) is 6.92 Å². The molecule has 0 bridgehead atoms. The van der Waals surface area contributed by atoms with E-state index in [2.05, 4.69) is 25.4 Å². The van der Waals surface area contributed by atoms with Crippen molar-refractivity contribution in [2.24, 2.45) is 0 Å². The SMILES string of the molecule is [B]c1cc(P)c(C)c(P)c1. The van der Waals surface area contributed by atoms with Crippen LogP contribution >= 0.6 is 18.5 Å². The molecule has 2 atom stereocenters. The molecular formula is C7H9BP2. The predicted octanol–water partition coefficient (Wildman–Crippen LogP) is -0.210. The van der Waals surface area contributed by atoms with Crippen LogP contribution in [-0.2, 0) is 0 Å². The molecule has 1 rings (SSSR count). The molecule has 0 heterocycles. The van der Waals surface area contributed by atoms with Crippen molar-refractivity contribution in [3.8, 4) is 0 Å². The summed E-state index contributed by atoms with van der Waals surface area (Å²) in [4.78, 5) is 0. The van der Waals surface area contributed by atoms with Gasteiger partial charge in [0.1, 0.15) is 7.85 Å². The number of rotatable bonds is 0. The molecule has 0 nitrogen and oxygen atoms in total. The van der Waals surface area contributed by atoms with Crippen LogP contribution in [0.3, 0.4) is 0 Å². The third-order valence-electron chi connectivity index (χ3n) is 1.51. The maximum atomic E-state index is 5.60. The quantitative estimate of drug-likeness (QED) is 0.369. The molecule has 10 heavy (non-hydrogen) atoms. The van der Waals surface area contributed by atoms with E-state index in [1.807, 2.05) is 12.1 Å². The fourth-order valence-electron chi connectivity index (χ4n) is 0.784. The van der Waals surface area contributed by atoms with Crippen molar-refractivity contribution in [3.05, 3.63) is 17.7 Å². The summed E-state index contributed by atoms with van der Waals surface area (Å²) in [7, 11) is 10.9. The highest BCUT2D eigenvalue weighted by Crippen LogP contribution is 1.97. The van der Waals surface area contributed by atoms with Crippen LogP contribution in [0.4, 0.5) is 0 Å². The van der Waals surface area contributed by atoms with E-state index >= 15 is 0 Å². The van der Waals surface area contributed by atoms with Crippen molar-refractivity contribution in [3.63, 3.8) is 0 Å². The average molecular weight is 166 g/mol. The van der Waals surface area contributed by atoms with Crippen molar-refractivity contribution >= 4 is 42.4 Å². The summed E-state index contributed by atoms with van der Waals surface area (Å²) in [5.74, 6) is 0. The monoisotopic (exact) mass is 166 g/mol. The van der Waals surface area contributed by atoms with E-state index in [0.29, 0.717) is 0 Å². The fraction of sp³-hybridized carbons (Fsp3) is 0.143. The number of benzene rings is 1. The molecule has 0 amide bonds. The average Bonchev–Trinajstić information content (AvgIpc) is 1.82. The fourth-order valence-corrected chi connectivity index (χ4v) is 1.67. The highest BCUT2D eigenvalue weighted by atomic mass is 31.0. The van der Waals surface area contributed by atoms with E-state index in [4.69, 9.17) is 7.85 Å². The zero-order chi connectivity index (χ0) is 7.72. The zero-order valence-electron chi connectivity index (χ0n) is 5.89. The normalized spacial score (nSPS) is 9.90. The van der Waals surface area contributed by atoms with Crippen LogP contribution in [0.5, 0.6) is 0 Å². The molecule has 1 aromatic rings. The molecule has 0 spiro atoms. The number of hydrogen-bond acceptors (Lipinski definition) is 0. The van der Waals surface area contributed by atoms with Gasteiger partial charge in [0.25, 0.3) is 0 Å². The van der Waals surface area contributed by atoms with E-state index in [9.17, 15) is 0 Å². The lowest BCUT2D eigenvalue weighted by molar-refractivity contribution is 1.59. The van der Waals surface area contributed by atoms with E-state index in [1.54, 1.807) is 0 Å². The maximum Gasteiger partial charge on any atom is 0.113 e. The topological polar surface area (TPSA) is 0 Å². The Kier molecular flexibility index (Phi) is 2.50. The minimum atomic E-state index is 0.820. The van der Waals surface area contributed by atoms with Gasteiger partial charge in [-0.05, 0) is 23.1 Å². The lowest BCUT2D eigenvalue weighted by Gasteiger charge is -2.04. The largest absolute Gasteiger partial charge is 0.113 e. The van der Waals surface area contributed by atoms with Crippen LogP contribution in [0.25, 0.3) is 0 Å². The Bertz CT molecular complexity index is 235. The molecule has 0 aliphatic rings. The Labute approximate surface area is 67.6 Å². The third-order valence-corrected chi connectivity index (χ3v) is 2.71. The van der Waals surface area contributed by atoms with Gasteiger partial charge in [0.2, 0.25) is 0 Å². The van der Waals surface area contributed by atoms with Gasteiger partial charge in [0, 0.05) is 0 Å². The highest BCUT2D eigenvalue weighted by Gasteiger charge is 1.96. The van der Waals surface area contributed by atoms with Gasteiger partial charge in [0.15, 0.2) is 0 Å². The Hall–Kier alpha value is 0.145. The molecule has 0 N–H and O–H groups in total. The van der Waals surface area contributed by atoms with E-state index in [0.717, 1.165) is 5.46 Å². The van der Waals surface area contributed by atoms with Gasteiger partial charge in [-0.2, -0.15) is 0 Å². The number of hydrogen-bond donors (Lipinski definition) is 0. The van der Waals surface area contributed by atoms with Gasteiger partial charge < -0.3 is 0 Å². The van der Waals surface area contributed by atoms with E-state index < -0.39 is 0 Å². The van der Waals surface area contributed by atoms with Crippen molar-refractivity contribution in [2.45, 2.75) is 6.92 Å². The van der Waals surface area contributed by atoms with Gasteiger partial charge in [0.05, 0.1) is 0 Å². The van der Waals surface area contributed by atoms with Crippen LogP contribution in [0.1, 0.15) is 5.56 Å². The second kappa shape index (κ2) is 3.03. The summed E-state index contributed by atoms with van der Waals surface area (Å²) in [6, 6.07) is 3.90. The van der Waals surface area contributed by atoms with Gasteiger partial charge in [-0.25, -0.2) is 0 Å².